The number of hydrogen-bond donors (Lipinski definition) is 1. The number of aliphatic hydroxyl groups excluding tert-OH is 1. The Morgan fingerprint density at radius 2 is 1.70 bits per heavy atom. The average molecular weight is 666 g/mol. The number of cyclic esters (lactones) is 1. The van der Waals surface area contributed by atoms with Gasteiger partial charge in [0.1, 0.15) is 23.9 Å². The lowest BCUT2D eigenvalue weighted by atomic mass is 9.70. The number of carbonyl (C=O) groups excluding carboxylic acids is 4. The van der Waals surface area contributed by atoms with Crippen LogP contribution in [0.5, 0.6) is 0 Å². The van der Waals surface area contributed by atoms with E-state index in [1.165, 1.54) is 14.0 Å². The Hall–Kier alpha value is -2.16. The fourth-order valence-corrected chi connectivity index (χ4v) is 9.27. The van der Waals surface area contributed by atoms with Crippen molar-refractivity contribution in [1.29, 1.82) is 0 Å². The summed E-state index contributed by atoms with van der Waals surface area (Å²) in [6, 6.07) is -1.61. The summed E-state index contributed by atoms with van der Waals surface area (Å²) in [5.41, 5.74) is -2.57. The van der Waals surface area contributed by atoms with E-state index in [0.717, 1.165) is 0 Å². The molecule has 1 N–H and O–H groups in total. The fourth-order valence-electron chi connectivity index (χ4n) is 9.27. The van der Waals surface area contributed by atoms with Crippen molar-refractivity contribution < 1.29 is 48.0 Å². The summed E-state index contributed by atoms with van der Waals surface area (Å²) in [4.78, 5) is 62.0. The molecule has 13 heteroatoms. The maximum atomic E-state index is 14.7. The van der Waals surface area contributed by atoms with Gasteiger partial charge in [-0.3, -0.25) is 24.2 Å². The van der Waals surface area contributed by atoms with Gasteiger partial charge in [-0.25, -0.2) is 4.79 Å². The van der Waals surface area contributed by atoms with Crippen LogP contribution in [0.2, 0.25) is 0 Å². The molecule has 15 atom stereocenters. The summed E-state index contributed by atoms with van der Waals surface area (Å²) in [5, 5.41) is 11.4. The van der Waals surface area contributed by atoms with E-state index < -0.39 is 83.4 Å². The zero-order valence-corrected chi connectivity index (χ0v) is 29.8. The van der Waals surface area contributed by atoms with Gasteiger partial charge in [-0.1, -0.05) is 20.8 Å². The SMILES string of the molecule is CC[C@H]1OC(=O)[C@H](C)C(=O)[C@H](C)[C@@H](O[C@@H]2O[C@H](C)C[C@H](N(C)C)[C@H]2O)[C@](C)(OC)C[C@@H]2C(=O)[C@H](C)[C@H]3N(C(=O)O[C@]13C)C1CN(C)C12. The number of amides is 1. The first-order chi connectivity index (χ1) is 21.9. The van der Waals surface area contributed by atoms with Crippen LogP contribution in [0.25, 0.3) is 0 Å². The van der Waals surface area contributed by atoms with Crippen molar-refractivity contribution in [2.24, 2.45) is 23.7 Å². The molecule has 2 bridgehead atoms. The van der Waals surface area contributed by atoms with Crippen LogP contribution in [0.3, 0.4) is 0 Å². The number of nitrogens with zero attached hydrogens (tertiary/aromatic N) is 3. The number of hydrogen-bond acceptors (Lipinski definition) is 12. The summed E-state index contributed by atoms with van der Waals surface area (Å²) in [5.74, 6) is -4.61. The highest BCUT2D eigenvalue weighted by atomic mass is 16.7. The van der Waals surface area contributed by atoms with E-state index in [9.17, 15) is 24.3 Å². The largest absolute Gasteiger partial charge is 0.458 e. The number of likely N-dealkylation sites (N-methyl/N-ethyl adjacent to an activating group) is 2. The quantitative estimate of drug-likeness (QED) is 0.338. The third-order valence-corrected chi connectivity index (χ3v) is 12.0. The average Bonchev–Trinajstić information content (AvgIpc) is 3.25. The summed E-state index contributed by atoms with van der Waals surface area (Å²) < 4.78 is 31.1. The van der Waals surface area contributed by atoms with Gasteiger partial charge in [-0.05, 0) is 68.1 Å². The second kappa shape index (κ2) is 12.9. The van der Waals surface area contributed by atoms with E-state index in [2.05, 4.69) is 4.90 Å². The van der Waals surface area contributed by atoms with Gasteiger partial charge in [0.2, 0.25) is 0 Å². The van der Waals surface area contributed by atoms with Gasteiger partial charge in [0.25, 0.3) is 0 Å². The molecule has 0 aromatic carbocycles. The summed E-state index contributed by atoms with van der Waals surface area (Å²) in [6.45, 7) is 12.8. The molecule has 5 saturated heterocycles. The normalized spacial score (nSPS) is 48.0. The molecule has 1 amide bonds. The van der Waals surface area contributed by atoms with Crippen molar-refractivity contribution in [3.05, 3.63) is 0 Å². The molecule has 5 aliphatic heterocycles. The van der Waals surface area contributed by atoms with E-state index in [0.29, 0.717) is 19.4 Å². The third kappa shape index (κ3) is 5.82. The Morgan fingerprint density at radius 1 is 1.04 bits per heavy atom. The Balaban J connectivity index is 1.64. The first-order valence-corrected chi connectivity index (χ1v) is 17.1. The minimum absolute atomic E-state index is 0.0635. The number of Topliss-reactive ketones (excluding diaryl/α,β-unsaturated/α-hetero) is 2. The Labute approximate surface area is 278 Å². The van der Waals surface area contributed by atoms with Crippen LogP contribution in [-0.4, -0.2) is 144 Å². The molecule has 0 saturated carbocycles. The first-order valence-electron chi connectivity index (χ1n) is 17.1. The van der Waals surface area contributed by atoms with Gasteiger partial charge < -0.3 is 33.7 Å². The molecule has 47 heavy (non-hydrogen) atoms. The van der Waals surface area contributed by atoms with Gasteiger partial charge >= 0.3 is 12.1 Å². The number of carbonyl (C=O) groups is 4. The van der Waals surface area contributed by atoms with Crippen molar-refractivity contribution >= 4 is 23.6 Å². The second-order valence-corrected chi connectivity index (χ2v) is 15.3. The highest BCUT2D eigenvalue weighted by Crippen LogP contribution is 2.50. The van der Waals surface area contributed by atoms with Crippen molar-refractivity contribution in [1.82, 2.24) is 14.7 Å². The number of likely N-dealkylation sites (tertiary alicyclic amines) is 1. The Morgan fingerprint density at radius 3 is 2.28 bits per heavy atom. The van der Waals surface area contributed by atoms with Crippen LogP contribution in [0, 0.1) is 23.7 Å². The summed E-state index contributed by atoms with van der Waals surface area (Å²) in [7, 11) is 7.20. The fraction of sp³-hybridized carbons (Fsp3) is 0.882. The lowest BCUT2D eigenvalue weighted by Gasteiger charge is -2.53. The molecule has 5 fully saturated rings. The minimum Gasteiger partial charge on any atom is -0.458 e. The molecule has 0 radical (unpaired) electrons. The van der Waals surface area contributed by atoms with Gasteiger partial charge in [0.15, 0.2) is 17.7 Å². The molecule has 13 nitrogen and oxygen atoms in total. The monoisotopic (exact) mass is 665 g/mol. The molecule has 0 aromatic rings. The first kappa shape index (κ1) is 36.1. The van der Waals surface area contributed by atoms with Crippen LogP contribution < -0.4 is 0 Å². The highest BCUT2D eigenvalue weighted by Gasteiger charge is 2.67. The zero-order chi connectivity index (χ0) is 34.9. The minimum atomic E-state index is -1.31. The predicted octanol–water partition coefficient (Wildman–Crippen LogP) is 1.87. The number of ether oxygens (including phenoxy) is 5. The predicted molar refractivity (Wildman–Crippen MR) is 169 cm³/mol. The molecule has 266 valence electrons. The van der Waals surface area contributed by atoms with Crippen molar-refractivity contribution in [2.45, 2.75) is 134 Å². The number of fused-ring (bicyclic) bond motifs is 5. The second-order valence-electron chi connectivity index (χ2n) is 15.3. The van der Waals surface area contributed by atoms with Gasteiger partial charge in [0, 0.05) is 43.5 Å². The van der Waals surface area contributed by atoms with E-state index in [-0.39, 0.29) is 36.4 Å². The van der Waals surface area contributed by atoms with Crippen molar-refractivity contribution in [3.63, 3.8) is 0 Å². The topological polar surface area (TPSA) is 144 Å². The van der Waals surface area contributed by atoms with E-state index in [1.54, 1.807) is 18.7 Å². The number of methoxy groups -OCH3 is 1. The van der Waals surface area contributed by atoms with E-state index in [1.807, 2.05) is 53.7 Å². The molecule has 0 aromatic heterocycles. The smallest absolute Gasteiger partial charge is 0.411 e. The maximum absolute atomic E-state index is 14.7. The molecule has 5 heterocycles. The Kier molecular flexibility index (Phi) is 9.95. The molecular formula is C34H55N3O10. The van der Waals surface area contributed by atoms with Crippen LogP contribution >= 0.6 is 0 Å². The van der Waals surface area contributed by atoms with Crippen molar-refractivity contribution in [2.75, 3.05) is 34.8 Å². The highest BCUT2D eigenvalue weighted by molar-refractivity contribution is 6.00. The summed E-state index contributed by atoms with van der Waals surface area (Å²) in [6.07, 6.45) is -3.79. The number of esters is 1. The number of ketones is 2. The van der Waals surface area contributed by atoms with Crippen LogP contribution in [0.1, 0.15) is 67.7 Å². The van der Waals surface area contributed by atoms with Crippen molar-refractivity contribution in [3.8, 4) is 0 Å². The molecule has 0 spiro atoms. The maximum Gasteiger partial charge on any atom is 0.411 e. The lowest BCUT2D eigenvalue weighted by Crippen LogP contribution is -2.69. The number of aliphatic hydroxyl groups is 1. The zero-order valence-electron chi connectivity index (χ0n) is 29.8. The van der Waals surface area contributed by atoms with Gasteiger partial charge in [0.05, 0.1) is 29.9 Å². The lowest BCUT2D eigenvalue weighted by molar-refractivity contribution is -0.295. The Bertz CT molecular complexity index is 1250. The van der Waals surface area contributed by atoms with Gasteiger partial charge in [-0.15, -0.1) is 0 Å². The van der Waals surface area contributed by atoms with E-state index in [4.69, 9.17) is 23.7 Å². The molecule has 2 unspecified atom stereocenters. The number of rotatable bonds is 5. The summed E-state index contributed by atoms with van der Waals surface area (Å²) >= 11 is 0. The molecular weight excluding hydrogens is 610 g/mol. The molecule has 5 rings (SSSR count). The molecule has 5 aliphatic rings. The van der Waals surface area contributed by atoms with E-state index >= 15 is 0 Å². The van der Waals surface area contributed by atoms with Gasteiger partial charge in [-0.2, -0.15) is 0 Å². The van der Waals surface area contributed by atoms with Crippen LogP contribution in [0.15, 0.2) is 0 Å². The standard InChI is InChI=1S/C34H55N3O10/c1-12-23-34(7)28-17(3)26(39)20(24-22(15-36(24)10)37(28)32(42)47-34)14-33(6,43-11)29(18(4)25(38)19(5)30(41)45-23)46-31-27(40)21(35(8)9)13-16(2)44-31/h16-24,27-29,31,40H,12-15H2,1-11H3/t16-,17+,18+,19-,20+,21+,22?,23-,24?,27-,28-,29-,31+,33-,34-/m1/s1. The van der Waals surface area contributed by atoms with Crippen LogP contribution in [0.4, 0.5) is 4.79 Å². The molecule has 0 aliphatic carbocycles. The van der Waals surface area contributed by atoms with Crippen LogP contribution in [-0.2, 0) is 38.1 Å². The third-order valence-electron chi connectivity index (χ3n) is 12.0.